The lowest BCUT2D eigenvalue weighted by atomic mass is 10.2. The molecule has 0 unspecified atom stereocenters. The number of rotatable bonds is 5. The van der Waals surface area contributed by atoms with Crippen LogP contribution < -0.4 is 0 Å². The Morgan fingerprint density at radius 3 is 2.54 bits per heavy atom. The number of hydrogen-bond donors (Lipinski definition) is 0. The molecule has 26 heavy (non-hydrogen) atoms. The van der Waals surface area contributed by atoms with Gasteiger partial charge in [-0.25, -0.2) is 4.39 Å². The quantitative estimate of drug-likeness (QED) is 0.500. The summed E-state index contributed by atoms with van der Waals surface area (Å²) in [6.45, 7) is 2.33. The minimum absolute atomic E-state index is 0.0133. The molecule has 3 rings (SSSR count). The van der Waals surface area contributed by atoms with E-state index in [9.17, 15) is 9.18 Å². The van der Waals surface area contributed by atoms with E-state index in [-0.39, 0.29) is 17.0 Å². The van der Waals surface area contributed by atoms with E-state index in [0.29, 0.717) is 11.7 Å². The predicted molar refractivity (Wildman–Crippen MR) is 108 cm³/mol. The summed E-state index contributed by atoms with van der Waals surface area (Å²) in [5.41, 5.74) is 1.77. The van der Waals surface area contributed by atoms with Crippen LogP contribution in [-0.2, 0) is 11.3 Å². The Hall–Kier alpha value is -1.99. The van der Waals surface area contributed by atoms with Gasteiger partial charge in [0, 0.05) is 4.47 Å². The summed E-state index contributed by atoms with van der Waals surface area (Å²) in [7, 11) is 0. The molecule has 1 fully saturated rings. The smallest absolute Gasteiger partial charge is 0.242 e. The van der Waals surface area contributed by atoms with Gasteiger partial charge < -0.3 is 0 Å². The lowest BCUT2D eigenvalue weighted by Gasteiger charge is -2.15. The maximum Gasteiger partial charge on any atom is 0.242 e. The van der Waals surface area contributed by atoms with Gasteiger partial charge in [0.15, 0.2) is 5.17 Å². The summed E-state index contributed by atoms with van der Waals surface area (Å²) < 4.78 is 14.1. The van der Waals surface area contributed by atoms with Crippen molar-refractivity contribution in [2.24, 2.45) is 10.2 Å². The average Bonchev–Trinajstić information content (AvgIpc) is 2.94. The van der Waals surface area contributed by atoms with Crippen molar-refractivity contribution in [1.29, 1.82) is 0 Å². The van der Waals surface area contributed by atoms with Crippen LogP contribution in [0.2, 0.25) is 0 Å². The first-order valence-corrected chi connectivity index (χ1v) is 9.83. The van der Waals surface area contributed by atoms with Crippen LogP contribution in [0.1, 0.15) is 24.5 Å². The minimum atomic E-state index is -0.296. The van der Waals surface area contributed by atoms with Crippen molar-refractivity contribution in [3.63, 3.8) is 0 Å². The van der Waals surface area contributed by atoms with Crippen molar-refractivity contribution in [3.8, 4) is 0 Å². The van der Waals surface area contributed by atoms with E-state index in [0.717, 1.165) is 22.0 Å². The molecule has 1 atom stereocenters. The molecule has 1 aliphatic rings. The van der Waals surface area contributed by atoms with Gasteiger partial charge in [-0.1, -0.05) is 58.9 Å². The monoisotopic (exact) mass is 433 g/mol. The maximum atomic E-state index is 13.1. The number of nitrogens with zero attached hydrogens (tertiary/aromatic N) is 3. The number of hydrogen-bond acceptors (Lipinski definition) is 4. The fourth-order valence-electron chi connectivity index (χ4n) is 2.46. The van der Waals surface area contributed by atoms with Gasteiger partial charge in [-0.3, -0.25) is 9.69 Å². The van der Waals surface area contributed by atoms with Crippen LogP contribution in [0.3, 0.4) is 0 Å². The number of amides is 1. The molecular weight excluding hydrogens is 417 g/mol. The van der Waals surface area contributed by atoms with Crippen LogP contribution in [0.15, 0.2) is 63.2 Å². The maximum absolute atomic E-state index is 13.1. The molecule has 0 bridgehead atoms. The standard InChI is InChI=1S/C19H17BrFN3OS/c1-2-17-18(25)24(12-14-5-9-16(21)10-6-14)19(26-17)23-22-11-13-3-7-15(20)8-4-13/h3-11,17H,2,12H2,1H3/b22-11-,23-19+/t17-/m0/s1. The van der Waals surface area contributed by atoms with Crippen LogP contribution in [0.5, 0.6) is 0 Å². The number of carbonyl (C=O) groups excluding carboxylic acids is 1. The fraction of sp³-hybridized carbons (Fsp3) is 0.211. The number of halogens is 2. The predicted octanol–water partition coefficient (Wildman–Crippen LogP) is 4.83. The molecule has 0 spiro atoms. The topological polar surface area (TPSA) is 45.0 Å². The Morgan fingerprint density at radius 2 is 1.88 bits per heavy atom. The third-order valence-electron chi connectivity index (χ3n) is 3.86. The summed E-state index contributed by atoms with van der Waals surface area (Å²) >= 11 is 4.81. The van der Waals surface area contributed by atoms with Gasteiger partial charge >= 0.3 is 0 Å². The van der Waals surface area contributed by atoms with Crippen LogP contribution in [0, 0.1) is 5.82 Å². The first-order chi connectivity index (χ1) is 12.6. The Balaban J connectivity index is 1.78. The molecular formula is C19H17BrFN3OS. The third kappa shape index (κ3) is 4.59. The minimum Gasteiger partial charge on any atom is -0.284 e. The average molecular weight is 434 g/mol. The molecule has 2 aromatic rings. The second-order valence-corrected chi connectivity index (χ2v) is 7.83. The van der Waals surface area contributed by atoms with Crippen molar-refractivity contribution in [3.05, 3.63) is 69.9 Å². The van der Waals surface area contributed by atoms with Gasteiger partial charge in [-0.15, -0.1) is 5.10 Å². The van der Waals surface area contributed by atoms with Crippen LogP contribution in [0.4, 0.5) is 4.39 Å². The van der Waals surface area contributed by atoms with Crippen molar-refractivity contribution < 1.29 is 9.18 Å². The highest BCUT2D eigenvalue weighted by molar-refractivity contribution is 9.10. The molecule has 7 heteroatoms. The highest BCUT2D eigenvalue weighted by Gasteiger charge is 2.36. The number of amidine groups is 1. The summed E-state index contributed by atoms with van der Waals surface area (Å²) in [5, 5.41) is 8.80. The largest absolute Gasteiger partial charge is 0.284 e. The van der Waals surface area contributed by atoms with E-state index in [2.05, 4.69) is 26.1 Å². The van der Waals surface area contributed by atoms with Crippen molar-refractivity contribution in [1.82, 2.24) is 4.90 Å². The normalized spacial score (nSPS) is 19.0. The van der Waals surface area contributed by atoms with Crippen LogP contribution in [0.25, 0.3) is 0 Å². The Kier molecular flexibility index (Phi) is 6.21. The molecule has 2 aromatic carbocycles. The zero-order chi connectivity index (χ0) is 18.5. The van der Waals surface area contributed by atoms with Crippen molar-refractivity contribution in [2.75, 3.05) is 0 Å². The number of benzene rings is 2. The van der Waals surface area contributed by atoms with Crippen LogP contribution in [-0.4, -0.2) is 27.4 Å². The first kappa shape index (κ1) is 18.8. The van der Waals surface area contributed by atoms with E-state index in [4.69, 9.17) is 0 Å². The molecule has 1 amide bonds. The molecule has 1 aliphatic heterocycles. The second-order valence-electron chi connectivity index (χ2n) is 5.74. The van der Waals surface area contributed by atoms with E-state index in [1.165, 1.54) is 23.9 Å². The molecule has 0 radical (unpaired) electrons. The summed E-state index contributed by atoms with van der Waals surface area (Å²) in [6.07, 6.45) is 2.37. The highest BCUT2D eigenvalue weighted by Crippen LogP contribution is 2.30. The molecule has 0 N–H and O–H groups in total. The zero-order valence-corrected chi connectivity index (χ0v) is 16.5. The van der Waals surface area contributed by atoms with Gasteiger partial charge in [0.05, 0.1) is 18.0 Å². The summed E-state index contributed by atoms with van der Waals surface area (Å²) in [6, 6.07) is 13.8. The number of carbonyl (C=O) groups is 1. The molecule has 0 aromatic heterocycles. The first-order valence-electron chi connectivity index (χ1n) is 8.16. The lowest BCUT2D eigenvalue weighted by Crippen LogP contribution is -2.31. The van der Waals surface area contributed by atoms with E-state index in [1.807, 2.05) is 31.2 Å². The Morgan fingerprint density at radius 1 is 1.19 bits per heavy atom. The molecule has 1 heterocycles. The molecule has 4 nitrogen and oxygen atoms in total. The zero-order valence-electron chi connectivity index (χ0n) is 14.1. The third-order valence-corrected chi connectivity index (χ3v) is 5.73. The van der Waals surface area contributed by atoms with E-state index < -0.39 is 0 Å². The van der Waals surface area contributed by atoms with Gasteiger partial charge in [0.2, 0.25) is 5.91 Å². The highest BCUT2D eigenvalue weighted by atomic mass is 79.9. The van der Waals surface area contributed by atoms with E-state index in [1.54, 1.807) is 23.2 Å². The molecule has 0 saturated carbocycles. The Labute approximate surface area is 164 Å². The SMILES string of the molecule is CC[C@@H]1S/C(=N/N=C\c2ccc(Br)cc2)N(Cc2ccc(F)cc2)C1=O. The summed E-state index contributed by atoms with van der Waals surface area (Å²) in [4.78, 5) is 14.2. The summed E-state index contributed by atoms with van der Waals surface area (Å²) in [5.74, 6) is -0.283. The second kappa shape index (κ2) is 8.60. The molecule has 134 valence electrons. The van der Waals surface area contributed by atoms with Crippen molar-refractivity contribution >= 4 is 45.0 Å². The lowest BCUT2D eigenvalue weighted by molar-refractivity contribution is -0.126. The molecule has 1 saturated heterocycles. The van der Waals surface area contributed by atoms with Gasteiger partial charge in [-0.05, 0) is 41.8 Å². The fourth-order valence-corrected chi connectivity index (χ4v) is 3.75. The number of thioether (sulfide) groups is 1. The van der Waals surface area contributed by atoms with Crippen LogP contribution >= 0.6 is 27.7 Å². The van der Waals surface area contributed by atoms with Gasteiger partial charge in [0.25, 0.3) is 0 Å². The van der Waals surface area contributed by atoms with Gasteiger partial charge in [-0.2, -0.15) is 5.10 Å². The van der Waals surface area contributed by atoms with Crippen molar-refractivity contribution in [2.45, 2.75) is 25.1 Å². The molecule has 0 aliphatic carbocycles. The van der Waals surface area contributed by atoms with Gasteiger partial charge in [0.1, 0.15) is 5.82 Å². The Bertz CT molecular complexity index is 837. The van der Waals surface area contributed by atoms with E-state index >= 15 is 0 Å².